The summed E-state index contributed by atoms with van der Waals surface area (Å²) >= 11 is 0. The van der Waals surface area contributed by atoms with E-state index in [9.17, 15) is 14.4 Å². The number of morpholine rings is 1. The maximum Gasteiger partial charge on any atom is 0.292 e. The molecule has 0 bridgehead atoms. The van der Waals surface area contributed by atoms with Crippen molar-refractivity contribution >= 4 is 28.5 Å². The predicted octanol–water partition coefficient (Wildman–Crippen LogP) is 2.43. The van der Waals surface area contributed by atoms with Crippen LogP contribution in [0.4, 0.5) is 0 Å². The molecule has 3 aromatic rings. The zero-order valence-electron chi connectivity index (χ0n) is 18.0. The highest BCUT2D eigenvalue weighted by Gasteiger charge is 2.23. The molecule has 1 aromatic heterocycles. The first-order valence-corrected chi connectivity index (χ1v) is 10.9. The molecule has 1 saturated heterocycles. The van der Waals surface area contributed by atoms with Gasteiger partial charge in [-0.05, 0) is 24.5 Å². The number of hydrogen-bond acceptors (Lipinski definition) is 4. The highest BCUT2D eigenvalue weighted by molar-refractivity contribution is 6.45. The van der Waals surface area contributed by atoms with Crippen molar-refractivity contribution in [1.29, 1.82) is 0 Å². The van der Waals surface area contributed by atoms with E-state index in [1.807, 2.05) is 48.5 Å². The standard InChI is InChI=1S/C25H27N3O4/c29-23(27-13-15-32-16-14-27)18-28-17-21(20-10-4-5-11-22(20)28)24(30)25(31)26-12-6-9-19-7-2-1-3-8-19/h1-5,7-8,10-11,17H,6,9,12-16,18H2,(H,26,31). The van der Waals surface area contributed by atoms with Gasteiger partial charge in [-0.2, -0.15) is 0 Å². The Bertz CT molecular complexity index is 1100. The van der Waals surface area contributed by atoms with Crippen LogP contribution in [0.3, 0.4) is 0 Å². The average Bonchev–Trinajstić information content (AvgIpc) is 3.20. The molecule has 7 nitrogen and oxygen atoms in total. The van der Waals surface area contributed by atoms with Crippen LogP contribution < -0.4 is 5.32 Å². The molecule has 4 rings (SSSR count). The van der Waals surface area contributed by atoms with Crippen LogP contribution in [0.5, 0.6) is 0 Å². The minimum absolute atomic E-state index is 0.0292. The summed E-state index contributed by atoms with van der Waals surface area (Å²) in [5.41, 5.74) is 2.27. The molecule has 0 spiro atoms. The number of amides is 2. The molecular formula is C25H27N3O4. The van der Waals surface area contributed by atoms with Gasteiger partial charge in [-0.3, -0.25) is 14.4 Å². The molecule has 7 heteroatoms. The molecule has 1 N–H and O–H groups in total. The van der Waals surface area contributed by atoms with Crippen LogP contribution >= 0.6 is 0 Å². The Morgan fingerprint density at radius 2 is 1.66 bits per heavy atom. The minimum atomic E-state index is -0.625. The molecule has 2 amide bonds. The number of para-hydroxylation sites is 1. The van der Waals surface area contributed by atoms with Crippen LogP contribution in [0.25, 0.3) is 10.9 Å². The van der Waals surface area contributed by atoms with E-state index in [0.717, 1.165) is 18.4 Å². The Labute approximate surface area is 187 Å². The first-order valence-electron chi connectivity index (χ1n) is 10.9. The minimum Gasteiger partial charge on any atom is -0.378 e. The largest absolute Gasteiger partial charge is 0.378 e. The molecule has 0 unspecified atom stereocenters. The number of carbonyl (C=O) groups is 3. The second-order valence-corrected chi connectivity index (χ2v) is 7.86. The maximum atomic E-state index is 12.9. The molecule has 0 radical (unpaired) electrons. The lowest BCUT2D eigenvalue weighted by Gasteiger charge is -2.27. The number of ether oxygens (including phenoxy) is 1. The SMILES string of the molecule is O=C(NCCCc1ccccc1)C(=O)c1cn(CC(=O)N2CCOCC2)c2ccccc12. The maximum absolute atomic E-state index is 12.9. The summed E-state index contributed by atoms with van der Waals surface area (Å²) in [4.78, 5) is 39.9. The third-order valence-corrected chi connectivity index (χ3v) is 5.68. The molecule has 1 aliphatic heterocycles. The van der Waals surface area contributed by atoms with Crippen molar-refractivity contribution in [2.24, 2.45) is 0 Å². The van der Waals surface area contributed by atoms with Crippen LogP contribution in [0.2, 0.25) is 0 Å². The highest BCUT2D eigenvalue weighted by Crippen LogP contribution is 2.22. The lowest BCUT2D eigenvalue weighted by Crippen LogP contribution is -2.42. The second kappa shape index (κ2) is 10.2. The van der Waals surface area contributed by atoms with Crippen molar-refractivity contribution in [3.63, 3.8) is 0 Å². The predicted molar refractivity (Wildman–Crippen MR) is 121 cm³/mol. The van der Waals surface area contributed by atoms with Gasteiger partial charge in [0.25, 0.3) is 11.7 Å². The molecule has 0 aliphatic carbocycles. The van der Waals surface area contributed by atoms with Gasteiger partial charge in [0.2, 0.25) is 5.91 Å². The average molecular weight is 434 g/mol. The van der Waals surface area contributed by atoms with Crippen molar-refractivity contribution < 1.29 is 19.1 Å². The number of rotatable bonds is 8. The Morgan fingerprint density at radius 3 is 2.44 bits per heavy atom. The van der Waals surface area contributed by atoms with Crippen LogP contribution in [-0.2, 0) is 27.3 Å². The zero-order chi connectivity index (χ0) is 22.3. The number of Topliss-reactive ketones (excluding diaryl/α,β-unsaturated/α-hetero) is 1. The van der Waals surface area contributed by atoms with Crippen molar-refractivity contribution in [1.82, 2.24) is 14.8 Å². The number of nitrogens with one attached hydrogen (secondary N) is 1. The number of ketones is 1. The molecular weight excluding hydrogens is 406 g/mol. The number of fused-ring (bicyclic) bond motifs is 1. The molecule has 166 valence electrons. The monoisotopic (exact) mass is 433 g/mol. The lowest BCUT2D eigenvalue weighted by atomic mass is 10.1. The van der Waals surface area contributed by atoms with E-state index in [0.29, 0.717) is 43.8 Å². The summed E-state index contributed by atoms with van der Waals surface area (Å²) in [5, 5.41) is 3.40. The first-order chi connectivity index (χ1) is 15.6. The number of hydrogen-bond donors (Lipinski definition) is 1. The molecule has 1 fully saturated rings. The van der Waals surface area contributed by atoms with Crippen molar-refractivity contribution in [2.45, 2.75) is 19.4 Å². The van der Waals surface area contributed by atoms with Crippen molar-refractivity contribution in [3.05, 3.63) is 71.9 Å². The van der Waals surface area contributed by atoms with Crippen LogP contribution in [0.15, 0.2) is 60.8 Å². The number of benzene rings is 2. The van der Waals surface area contributed by atoms with E-state index in [2.05, 4.69) is 5.32 Å². The Kier molecular flexibility index (Phi) is 6.97. The van der Waals surface area contributed by atoms with Crippen LogP contribution in [0, 0.1) is 0 Å². The highest BCUT2D eigenvalue weighted by atomic mass is 16.5. The number of carbonyl (C=O) groups excluding carboxylic acids is 3. The van der Waals surface area contributed by atoms with Crippen molar-refractivity contribution in [2.75, 3.05) is 32.8 Å². The molecule has 0 saturated carbocycles. The van der Waals surface area contributed by atoms with Gasteiger partial charge in [0.1, 0.15) is 6.54 Å². The van der Waals surface area contributed by atoms with Gasteiger partial charge in [0.05, 0.1) is 18.8 Å². The fraction of sp³-hybridized carbons (Fsp3) is 0.320. The van der Waals surface area contributed by atoms with Crippen LogP contribution in [-0.4, -0.2) is 59.9 Å². The molecule has 1 aliphatic rings. The summed E-state index contributed by atoms with van der Waals surface area (Å²) in [7, 11) is 0. The van der Waals surface area contributed by atoms with Crippen molar-refractivity contribution in [3.8, 4) is 0 Å². The van der Waals surface area contributed by atoms with E-state index < -0.39 is 11.7 Å². The Morgan fingerprint density at radius 1 is 0.938 bits per heavy atom. The van der Waals surface area contributed by atoms with Gasteiger partial charge >= 0.3 is 0 Å². The normalized spacial score (nSPS) is 13.8. The summed E-state index contributed by atoms with van der Waals surface area (Å²) in [6, 6.07) is 17.4. The summed E-state index contributed by atoms with van der Waals surface area (Å²) in [5.74, 6) is -1.24. The lowest BCUT2D eigenvalue weighted by molar-refractivity contribution is -0.135. The fourth-order valence-electron chi connectivity index (χ4n) is 3.96. The fourth-order valence-corrected chi connectivity index (χ4v) is 3.96. The van der Waals surface area contributed by atoms with E-state index in [-0.39, 0.29) is 12.5 Å². The number of aromatic nitrogens is 1. The zero-order valence-corrected chi connectivity index (χ0v) is 18.0. The molecule has 0 atom stereocenters. The Balaban J connectivity index is 1.41. The van der Waals surface area contributed by atoms with Gasteiger partial charge in [-0.15, -0.1) is 0 Å². The smallest absolute Gasteiger partial charge is 0.292 e. The van der Waals surface area contributed by atoms with Gasteiger partial charge < -0.3 is 19.5 Å². The molecule has 32 heavy (non-hydrogen) atoms. The number of aryl methyl sites for hydroxylation is 1. The van der Waals surface area contributed by atoms with Gasteiger partial charge in [-0.1, -0.05) is 48.5 Å². The summed E-state index contributed by atoms with van der Waals surface area (Å²) < 4.78 is 7.06. The second-order valence-electron chi connectivity index (χ2n) is 7.86. The third-order valence-electron chi connectivity index (χ3n) is 5.68. The van der Waals surface area contributed by atoms with E-state index in [4.69, 9.17) is 4.74 Å². The van der Waals surface area contributed by atoms with E-state index in [1.54, 1.807) is 21.7 Å². The quantitative estimate of drug-likeness (QED) is 0.336. The third kappa shape index (κ3) is 5.06. The van der Waals surface area contributed by atoms with Gasteiger partial charge in [0.15, 0.2) is 0 Å². The first kappa shape index (κ1) is 21.8. The summed E-state index contributed by atoms with van der Waals surface area (Å²) in [6.07, 6.45) is 3.20. The number of nitrogens with zero attached hydrogens (tertiary/aromatic N) is 2. The topological polar surface area (TPSA) is 80.6 Å². The van der Waals surface area contributed by atoms with E-state index >= 15 is 0 Å². The van der Waals surface area contributed by atoms with Crippen LogP contribution in [0.1, 0.15) is 22.3 Å². The van der Waals surface area contributed by atoms with Gasteiger partial charge in [-0.25, -0.2) is 0 Å². The van der Waals surface area contributed by atoms with E-state index in [1.165, 1.54) is 5.56 Å². The summed E-state index contributed by atoms with van der Waals surface area (Å²) in [6.45, 7) is 2.74. The Hall–Kier alpha value is -3.45. The molecule has 2 aromatic carbocycles. The van der Waals surface area contributed by atoms with Gasteiger partial charge in [0, 0.05) is 36.7 Å². The molecule has 2 heterocycles.